The van der Waals surface area contributed by atoms with E-state index in [4.69, 9.17) is 5.11 Å². The molecule has 0 radical (unpaired) electrons. The van der Waals surface area contributed by atoms with E-state index in [9.17, 15) is 14.7 Å². The lowest BCUT2D eigenvalue weighted by molar-refractivity contribution is -0.139. The Morgan fingerprint density at radius 3 is 2.48 bits per heavy atom. The lowest BCUT2D eigenvalue weighted by Gasteiger charge is -2.32. The summed E-state index contributed by atoms with van der Waals surface area (Å²) in [5, 5.41) is 19.0. The predicted octanol–water partition coefficient (Wildman–Crippen LogP) is 2.03. The Hall–Kier alpha value is -2.04. The second-order valence-electron chi connectivity index (χ2n) is 6.27. The second-order valence-corrected chi connectivity index (χ2v) is 6.27. The van der Waals surface area contributed by atoms with Crippen LogP contribution in [0.2, 0.25) is 0 Å². The van der Waals surface area contributed by atoms with Gasteiger partial charge in [-0.3, -0.25) is 9.59 Å². The Labute approximate surface area is 123 Å². The Morgan fingerprint density at radius 1 is 1.29 bits per heavy atom. The van der Waals surface area contributed by atoms with E-state index in [0.29, 0.717) is 18.7 Å². The zero-order chi connectivity index (χ0) is 15.2. The van der Waals surface area contributed by atoms with Crippen molar-refractivity contribution in [2.24, 2.45) is 11.3 Å². The van der Waals surface area contributed by atoms with Gasteiger partial charge < -0.3 is 15.1 Å². The highest BCUT2D eigenvalue weighted by molar-refractivity contribution is 5.97. The van der Waals surface area contributed by atoms with E-state index in [1.807, 2.05) is 6.92 Å². The van der Waals surface area contributed by atoms with Crippen LogP contribution in [0.1, 0.15) is 35.2 Å². The predicted molar refractivity (Wildman–Crippen MR) is 76.2 cm³/mol. The molecule has 1 amide bonds. The third-order valence-electron chi connectivity index (χ3n) is 4.92. The smallest absolute Gasteiger partial charge is 0.307 e. The standard InChI is InChI=1S/C16H19NO4/c1-10-2-3-11(13(18)8-10)14(19)17-6-4-16(5-7-17)9-12(16)15(20)21/h2-3,8,12,18H,4-7,9H2,1H3,(H,20,21)/t12-/m0/s1. The van der Waals surface area contributed by atoms with Crippen molar-refractivity contribution in [3.05, 3.63) is 29.3 Å². The summed E-state index contributed by atoms with van der Waals surface area (Å²) >= 11 is 0. The maximum Gasteiger partial charge on any atom is 0.307 e. The molecule has 2 aliphatic rings. The van der Waals surface area contributed by atoms with Crippen molar-refractivity contribution in [2.75, 3.05) is 13.1 Å². The number of phenolic OH excluding ortho intramolecular Hbond substituents is 1. The molecule has 112 valence electrons. The van der Waals surface area contributed by atoms with Gasteiger partial charge in [0, 0.05) is 13.1 Å². The Balaban J connectivity index is 1.67. The van der Waals surface area contributed by atoms with Crippen molar-refractivity contribution in [3.8, 4) is 5.75 Å². The van der Waals surface area contributed by atoms with Crippen LogP contribution < -0.4 is 0 Å². The molecule has 1 saturated heterocycles. The van der Waals surface area contributed by atoms with Crippen molar-refractivity contribution in [2.45, 2.75) is 26.2 Å². The van der Waals surface area contributed by atoms with Crippen LogP contribution in [0.15, 0.2) is 18.2 Å². The van der Waals surface area contributed by atoms with E-state index in [-0.39, 0.29) is 23.0 Å². The van der Waals surface area contributed by atoms with Gasteiger partial charge in [-0.15, -0.1) is 0 Å². The van der Waals surface area contributed by atoms with Crippen LogP contribution in [-0.4, -0.2) is 40.1 Å². The summed E-state index contributed by atoms with van der Waals surface area (Å²) in [6.45, 7) is 2.99. The van der Waals surface area contributed by atoms with Crippen LogP contribution in [0, 0.1) is 18.3 Å². The topological polar surface area (TPSA) is 77.8 Å². The Morgan fingerprint density at radius 2 is 1.95 bits per heavy atom. The molecule has 1 aliphatic heterocycles. The highest BCUT2D eigenvalue weighted by Gasteiger charge is 2.59. The summed E-state index contributed by atoms with van der Waals surface area (Å²) in [6, 6.07) is 5.04. The summed E-state index contributed by atoms with van der Waals surface area (Å²) in [6.07, 6.45) is 2.21. The number of carboxylic acids is 1. The number of aryl methyl sites for hydroxylation is 1. The van der Waals surface area contributed by atoms with Crippen LogP contribution in [0.25, 0.3) is 0 Å². The summed E-state index contributed by atoms with van der Waals surface area (Å²) in [4.78, 5) is 25.2. The molecule has 1 heterocycles. The number of hydrogen-bond donors (Lipinski definition) is 2. The molecule has 0 bridgehead atoms. The quantitative estimate of drug-likeness (QED) is 0.873. The Bertz CT molecular complexity index is 602. The fraction of sp³-hybridized carbons (Fsp3) is 0.500. The lowest BCUT2D eigenvalue weighted by Crippen LogP contribution is -2.40. The van der Waals surface area contributed by atoms with Gasteiger partial charge in [0.25, 0.3) is 5.91 Å². The number of aromatic hydroxyl groups is 1. The summed E-state index contributed by atoms with van der Waals surface area (Å²) < 4.78 is 0. The van der Waals surface area contributed by atoms with Crippen molar-refractivity contribution < 1.29 is 19.8 Å². The van der Waals surface area contributed by atoms with Crippen molar-refractivity contribution in [1.29, 1.82) is 0 Å². The lowest BCUT2D eigenvalue weighted by atomic mass is 9.90. The fourth-order valence-electron chi connectivity index (χ4n) is 3.40. The maximum atomic E-state index is 12.4. The number of carbonyl (C=O) groups is 2. The van der Waals surface area contributed by atoms with Crippen LogP contribution in [0.3, 0.4) is 0 Å². The van der Waals surface area contributed by atoms with Gasteiger partial charge in [0.1, 0.15) is 5.75 Å². The molecular weight excluding hydrogens is 270 g/mol. The second kappa shape index (κ2) is 4.76. The minimum atomic E-state index is -0.717. The highest BCUT2D eigenvalue weighted by Crippen LogP contribution is 2.59. The van der Waals surface area contributed by atoms with Crippen molar-refractivity contribution >= 4 is 11.9 Å². The maximum absolute atomic E-state index is 12.4. The first-order valence-corrected chi connectivity index (χ1v) is 7.25. The number of aliphatic carboxylic acids is 1. The number of phenols is 1. The molecule has 2 fully saturated rings. The third kappa shape index (κ3) is 2.37. The molecule has 1 spiro atoms. The summed E-state index contributed by atoms with van der Waals surface area (Å²) in [5.74, 6) is -1.11. The van der Waals surface area contributed by atoms with Gasteiger partial charge in [0.05, 0.1) is 11.5 Å². The average Bonchev–Trinajstić information content (AvgIpc) is 3.13. The molecule has 3 rings (SSSR count). The average molecular weight is 289 g/mol. The Kier molecular flexibility index (Phi) is 3.15. The molecule has 0 unspecified atom stereocenters. The van der Waals surface area contributed by atoms with Gasteiger partial charge in [-0.1, -0.05) is 6.07 Å². The first kappa shape index (κ1) is 13.9. The zero-order valence-electron chi connectivity index (χ0n) is 12.0. The first-order valence-electron chi connectivity index (χ1n) is 7.25. The van der Waals surface area contributed by atoms with Gasteiger partial charge in [0.2, 0.25) is 0 Å². The van der Waals surface area contributed by atoms with Gasteiger partial charge in [-0.2, -0.15) is 0 Å². The SMILES string of the molecule is Cc1ccc(C(=O)N2CCC3(CC2)C[C@H]3C(=O)O)c(O)c1. The minimum absolute atomic E-state index is 0.00937. The number of carbonyl (C=O) groups excluding carboxylic acids is 1. The molecule has 5 heteroatoms. The number of rotatable bonds is 2. The number of benzene rings is 1. The molecule has 1 aromatic carbocycles. The molecule has 1 atom stereocenters. The molecule has 0 aromatic heterocycles. The number of amides is 1. The monoisotopic (exact) mass is 289 g/mol. The zero-order valence-corrected chi connectivity index (χ0v) is 12.0. The number of carboxylic acid groups (broad SMARTS) is 1. The van der Waals surface area contributed by atoms with Crippen LogP contribution in [0.4, 0.5) is 0 Å². The normalized spacial score (nSPS) is 23.1. The molecule has 5 nitrogen and oxygen atoms in total. The first-order chi connectivity index (χ1) is 9.93. The van der Waals surface area contributed by atoms with Gasteiger partial charge >= 0.3 is 5.97 Å². The van der Waals surface area contributed by atoms with E-state index in [1.54, 1.807) is 23.1 Å². The van der Waals surface area contributed by atoms with E-state index in [0.717, 1.165) is 24.8 Å². The van der Waals surface area contributed by atoms with Crippen molar-refractivity contribution in [1.82, 2.24) is 4.90 Å². The van der Waals surface area contributed by atoms with Crippen LogP contribution >= 0.6 is 0 Å². The molecular formula is C16H19NO4. The van der Waals surface area contributed by atoms with Gasteiger partial charge in [0.15, 0.2) is 0 Å². The summed E-state index contributed by atoms with van der Waals surface area (Å²) in [5.41, 5.74) is 1.14. The van der Waals surface area contributed by atoms with Crippen LogP contribution in [-0.2, 0) is 4.79 Å². The van der Waals surface area contributed by atoms with Crippen LogP contribution in [0.5, 0.6) is 5.75 Å². The van der Waals surface area contributed by atoms with Crippen molar-refractivity contribution in [3.63, 3.8) is 0 Å². The highest BCUT2D eigenvalue weighted by atomic mass is 16.4. The third-order valence-corrected chi connectivity index (χ3v) is 4.92. The minimum Gasteiger partial charge on any atom is -0.507 e. The number of piperidine rings is 1. The largest absolute Gasteiger partial charge is 0.507 e. The summed E-state index contributed by atoms with van der Waals surface area (Å²) in [7, 11) is 0. The number of likely N-dealkylation sites (tertiary alicyclic amines) is 1. The molecule has 1 saturated carbocycles. The molecule has 1 aliphatic carbocycles. The molecule has 21 heavy (non-hydrogen) atoms. The molecule has 1 aromatic rings. The van der Waals surface area contributed by atoms with E-state index >= 15 is 0 Å². The van der Waals surface area contributed by atoms with Gasteiger partial charge in [-0.25, -0.2) is 0 Å². The van der Waals surface area contributed by atoms with E-state index in [1.165, 1.54) is 0 Å². The van der Waals surface area contributed by atoms with E-state index < -0.39 is 5.97 Å². The number of hydrogen-bond acceptors (Lipinski definition) is 3. The van der Waals surface area contributed by atoms with E-state index in [2.05, 4.69) is 0 Å². The fourth-order valence-corrected chi connectivity index (χ4v) is 3.40. The van der Waals surface area contributed by atoms with Gasteiger partial charge in [-0.05, 0) is 49.3 Å². The number of nitrogens with zero attached hydrogens (tertiary/aromatic N) is 1. The molecule has 2 N–H and O–H groups in total.